The number of nitrogens with two attached hydrogens (primary N) is 1. The molecule has 18 heavy (non-hydrogen) atoms. The van der Waals surface area contributed by atoms with Crippen molar-refractivity contribution in [2.45, 2.75) is 31.9 Å². The third-order valence-electron chi connectivity index (χ3n) is 2.92. The lowest BCUT2D eigenvalue weighted by molar-refractivity contribution is -0.125. The van der Waals surface area contributed by atoms with Crippen LogP contribution in [0.25, 0.3) is 0 Å². The molecule has 0 aromatic rings. The highest BCUT2D eigenvalue weighted by atomic mass is 16.5. The van der Waals surface area contributed by atoms with Crippen LogP contribution in [0.5, 0.6) is 0 Å². The van der Waals surface area contributed by atoms with Crippen molar-refractivity contribution in [1.82, 2.24) is 10.6 Å². The molecule has 0 bridgehead atoms. The van der Waals surface area contributed by atoms with Crippen molar-refractivity contribution in [3.63, 3.8) is 0 Å². The van der Waals surface area contributed by atoms with E-state index < -0.39 is 17.7 Å². The van der Waals surface area contributed by atoms with Gasteiger partial charge in [0.1, 0.15) is 11.6 Å². The van der Waals surface area contributed by atoms with Crippen LogP contribution in [0.4, 0.5) is 4.79 Å². The van der Waals surface area contributed by atoms with E-state index in [-0.39, 0.29) is 25.0 Å². The summed E-state index contributed by atoms with van der Waals surface area (Å²) in [6.07, 6.45) is 0.489. The maximum Gasteiger partial charge on any atom is 0.312 e. The maximum absolute atomic E-state index is 11.9. The zero-order chi connectivity index (χ0) is 13.8. The first-order valence-electron chi connectivity index (χ1n) is 5.98. The summed E-state index contributed by atoms with van der Waals surface area (Å²) < 4.78 is 5.07. The largest absolute Gasteiger partial charge is 0.386 e. The Morgan fingerprint density at radius 3 is 2.61 bits per heavy atom. The Labute approximate surface area is 106 Å². The third-order valence-corrected chi connectivity index (χ3v) is 2.92. The number of urea groups is 1. The summed E-state index contributed by atoms with van der Waals surface area (Å²) in [5, 5.41) is 15.0. The number of nitrogens with one attached hydrogen (secondary N) is 2. The summed E-state index contributed by atoms with van der Waals surface area (Å²) in [4.78, 5) is 22.7. The maximum atomic E-state index is 11.9. The Bertz CT molecular complexity index is 313. The van der Waals surface area contributed by atoms with Gasteiger partial charge in [-0.25, -0.2) is 4.79 Å². The van der Waals surface area contributed by atoms with Gasteiger partial charge in [-0.2, -0.15) is 0 Å². The van der Waals surface area contributed by atoms with Gasteiger partial charge in [-0.1, -0.05) is 13.8 Å². The van der Waals surface area contributed by atoms with E-state index in [4.69, 9.17) is 10.5 Å². The van der Waals surface area contributed by atoms with Crippen LogP contribution in [0.1, 0.15) is 20.3 Å². The molecule has 1 fully saturated rings. The zero-order valence-corrected chi connectivity index (χ0v) is 10.7. The molecular weight excluding hydrogens is 238 g/mol. The molecule has 2 unspecified atom stereocenters. The normalized spacial score (nSPS) is 24.9. The molecule has 3 amide bonds. The van der Waals surface area contributed by atoms with Crippen LogP contribution in [0.15, 0.2) is 0 Å². The van der Waals surface area contributed by atoms with Gasteiger partial charge in [0.15, 0.2) is 0 Å². The van der Waals surface area contributed by atoms with Gasteiger partial charge in [-0.05, 0) is 5.92 Å². The summed E-state index contributed by atoms with van der Waals surface area (Å²) in [5.41, 5.74) is 4.00. The van der Waals surface area contributed by atoms with E-state index in [1.807, 2.05) is 0 Å². The van der Waals surface area contributed by atoms with Gasteiger partial charge in [-0.15, -0.1) is 0 Å². The fraction of sp³-hybridized carbons (Fsp3) is 0.818. The highest BCUT2D eigenvalue weighted by Gasteiger charge is 2.33. The standard InChI is InChI=1S/C11H21N3O4/c1-7(2)8(14-10(12)16)9(15)13-5-11(17)3-4-18-6-11/h7-8,17H,3-6H2,1-2H3,(H,13,15)(H3,12,14,16). The number of hydrogen-bond acceptors (Lipinski definition) is 4. The fourth-order valence-corrected chi connectivity index (χ4v) is 1.79. The number of primary amides is 1. The summed E-state index contributed by atoms with van der Waals surface area (Å²) >= 11 is 0. The highest BCUT2D eigenvalue weighted by Crippen LogP contribution is 2.17. The highest BCUT2D eigenvalue weighted by molar-refractivity contribution is 5.86. The summed E-state index contributed by atoms with van der Waals surface area (Å²) in [6.45, 7) is 4.40. The lowest BCUT2D eigenvalue weighted by Gasteiger charge is -2.25. The number of rotatable bonds is 5. The predicted molar refractivity (Wildman–Crippen MR) is 64.7 cm³/mol. The quantitative estimate of drug-likeness (QED) is 0.504. The van der Waals surface area contributed by atoms with Gasteiger partial charge in [0.25, 0.3) is 0 Å². The second kappa shape index (κ2) is 6.01. The first kappa shape index (κ1) is 14.7. The number of carbonyl (C=O) groups excluding carboxylic acids is 2. The molecule has 1 saturated heterocycles. The van der Waals surface area contributed by atoms with Gasteiger partial charge in [0.05, 0.1) is 6.61 Å². The van der Waals surface area contributed by atoms with Crippen LogP contribution in [-0.4, -0.2) is 48.4 Å². The van der Waals surface area contributed by atoms with Gasteiger partial charge in [-0.3, -0.25) is 4.79 Å². The van der Waals surface area contributed by atoms with Crippen LogP contribution in [0.2, 0.25) is 0 Å². The molecule has 1 aliphatic heterocycles. The predicted octanol–water partition coefficient (Wildman–Crippen LogP) is -1.05. The molecule has 7 heteroatoms. The summed E-state index contributed by atoms with van der Waals surface area (Å²) in [7, 11) is 0. The fourth-order valence-electron chi connectivity index (χ4n) is 1.79. The lowest BCUT2D eigenvalue weighted by atomic mass is 10.0. The molecule has 0 aromatic heterocycles. The Balaban J connectivity index is 2.48. The minimum atomic E-state index is -1.01. The minimum absolute atomic E-state index is 0.0908. The number of aliphatic hydroxyl groups is 1. The second-order valence-electron chi connectivity index (χ2n) is 4.98. The molecule has 0 aliphatic carbocycles. The monoisotopic (exact) mass is 259 g/mol. The van der Waals surface area contributed by atoms with Gasteiger partial charge < -0.3 is 26.2 Å². The van der Waals surface area contributed by atoms with Crippen molar-refractivity contribution in [3.8, 4) is 0 Å². The Morgan fingerprint density at radius 1 is 1.50 bits per heavy atom. The molecule has 7 nitrogen and oxygen atoms in total. The molecule has 0 spiro atoms. The second-order valence-corrected chi connectivity index (χ2v) is 4.98. The molecular formula is C11H21N3O4. The SMILES string of the molecule is CC(C)C(NC(N)=O)C(=O)NCC1(O)CCOC1. The van der Waals surface area contributed by atoms with Crippen molar-refractivity contribution >= 4 is 11.9 Å². The van der Waals surface area contributed by atoms with Crippen LogP contribution < -0.4 is 16.4 Å². The molecule has 2 atom stereocenters. The third kappa shape index (κ3) is 4.15. The molecule has 104 valence electrons. The molecule has 0 aromatic carbocycles. The minimum Gasteiger partial charge on any atom is -0.386 e. The van der Waals surface area contributed by atoms with E-state index in [1.165, 1.54) is 0 Å². The van der Waals surface area contributed by atoms with Crippen LogP contribution in [-0.2, 0) is 9.53 Å². The average molecular weight is 259 g/mol. The molecule has 1 aliphatic rings. The smallest absolute Gasteiger partial charge is 0.312 e. The van der Waals surface area contributed by atoms with Gasteiger partial charge >= 0.3 is 6.03 Å². The molecule has 0 radical (unpaired) electrons. The van der Waals surface area contributed by atoms with Gasteiger partial charge in [0, 0.05) is 19.6 Å². The van der Waals surface area contributed by atoms with Gasteiger partial charge in [0.2, 0.25) is 5.91 Å². The Hall–Kier alpha value is -1.34. The van der Waals surface area contributed by atoms with E-state index in [2.05, 4.69) is 10.6 Å². The first-order chi connectivity index (χ1) is 8.34. The van der Waals surface area contributed by atoms with E-state index in [1.54, 1.807) is 13.8 Å². The molecule has 0 saturated carbocycles. The van der Waals surface area contributed by atoms with E-state index in [0.717, 1.165) is 0 Å². The molecule has 1 heterocycles. The van der Waals surface area contributed by atoms with Crippen molar-refractivity contribution < 1.29 is 19.4 Å². The number of carbonyl (C=O) groups is 2. The first-order valence-corrected chi connectivity index (χ1v) is 5.98. The topological polar surface area (TPSA) is 114 Å². The van der Waals surface area contributed by atoms with E-state index in [9.17, 15) is 14.7 Å². The number of ether oxygens (including phenoxy) is 1. The Kier molecular flexibility index (Phi) is 4.92. The average Bonchev–Trinajstić information content (AvgIpc) is 2.70. The van der Waals surface area contributed by atoms with Crippen LogP contribution in [0.3, 0.4) is 0 Å². The summed E-state index contributed by atoms with van der Waals surface area (Å²) in [6, 6.07) is -1.44. The van der Waals surface area contributed by atoms with E-state index >= 15 is 0 Å². The zero-order valence-electron chi connectivity index (χ0n) is 10.7. The van der Waals surface area contributed by atoms with Crippen molar-refractivity contribution in [1.29, 1.82) is 0 Å². The van der Waals surface area contributed by atoms with E-state index in [0.29, 0.717) is 13.0 Å². The lowest BCUT2D eigenvalue weighted by Crippen LogP contribution is -2.54. The number of hydrogen-bond donors (Lipinski definition) is 4. The van der Waals surface area contributed by atoms with Crippen molar-refractivity contribution in [2.24, 2.45) is 11.7 Å². The van der Waals surface area contributed by atoms with Crippen molar-refractivity contribution in [2.75, 3.05) is 19.8 Å². The molecule has 1 rings (SSSR count). The van der Waals surface area contributed by atoms with Crippen LogP contribution in [0, 0.1) is 5.92 Å². The van der Waals surface area contributed by atoms with Crippen molar-refractivity contribution in [3.05, 3.63) is 0 Å². The van der Waals surface area contributed by atoms with Crippen LogP contribution >= 0.6 is 0 Å². The number of amides is 3. The Morgan fingerprint density at radius 2 is 2.17 bits per heavy atom. The molecule has 5 N–H and O–H groups in total. The summed E-state index contributed by atoms with van der Waals surface area (Å²) in [5.74, 6) is -0.448.